The van der Waals surface area contributed by atoms with Crippen molar-refractivity contribution in [3.05, 3.63) is 0 Å². The van der Waals surface area contributed by atoms with Crippen LogP contribution in [0.5, 0.6) is 0 Å². The summed E-state index contributed by atoms with van der Waals surface area (Å²) in [6.45, 7) is 16.0. The molecule has 1 aliphatic rings. The van der Waals surface area contributed by atoms with Crippen LogP contribution in [0.3, 0.4) is 0 Å². The van der Waals surface area contributed by atoms with Gasteiger partial charge in [-0.25, -0.2) is 4.79 Å². The van der Waals surface area contributed by atoms with Crippen LogP contribution in [0.2, 0.25) is 0 Å². The van der Waals surface area contributed by atoms with E-state index in [9.17, 15) is 4.79 Å². The zero-order chi connectivity index (χ0) is 17.6. The molecule has 23 heavy (non-hydrogen) atoms. The van der Waals surface area contributed by atoms with Crippen molar-refractivity contribution in [3.63, 3.8) is 0 Å². The molecule has 0 aromatic heterocycles. The number of carbonyl (C=O) groups excluding carboxylic acids is 1. The number of hydrogen-bond acceptors (Lipinski definition) is 3. The van der Waals surface area contributed by atoms with Gasteiger partial charge in [-0.05, 0) is 59.3 Å². The second-order valence-corrected chi connectivity index (χ2v) is 8.59. The monoisotopic (exact) mass is 326 g/mol. The van der Waals surface area contributed by atoms with Crippen molar-refractivity contribution >= 4 is 6.09 Å². The topological polar surface area (TPSA) is 41.6 Å². The standard InChI is InChI=1S/C19H38N2O2/c1-14(2)16-9-8-10-17(13-16)20-11-12-21(15(3)4)18(22)23-19(5,6)7/h14-17,20H,8-13H2,1-7H3. The first-order chi connectivity index (χ1) is 10.6. The minimum absolute atomic E-state index is 0.154. The van der Waals surface area contributed by atoms with Crippen LogP contribution in [0.4, 0.5) is 4.79 Å². The second-order valence-electron chi connectivity index (χ2n) is 8.59. The number of nitrogens with zero attached hydrogens (tertiary/aromatic N) is 1. The summed E-state index contributed by atoms with van der Waals surface area (Å²) in [7, 11) is 0. The Morgan fingerprint density at radius 3 is 2.39 bits per heavy atom. The summed E-state index contributed by atoms with van der Waals surface area (Å²) in [5, 5.41) is 3.66. The molecule has 1 N–H and O–H groups in total. The third-order valence-electron chi connectivity index (χ3n) is 4.69. The van der Waals surface area contributed by atoms with Gasteiger partial charge in [-0.2, -0.15) is 0 Å². The number of amides is 1. The zero-order valence-electron chi connectivity index (χ0n) is 16.3. The van der Waals surface area contributed by atoms with Crippen LogP contribution in [0.1, 0.15) is 74.1 Å². The summed E-state index contributed by atoms with van der Waals surface area (Å²) in [5.74, 6) is 1.61. The molecule has 0 heterocycles. The molecule has 0 aromatic carbocycles. The molecular formula is C19H38N2O2. The lowest BCUT2D eigenvalue weighted by atomic mass is 9.79. The number of nitrogens with one attached hydrogen (secondary N) is 1. The lowest BCUT2D eigenvalue weighted by molar-refractivity contribution is 0.0191. The molecule has 0 spiro atoms. The quantitative estimate of drug-likeness (QED) is 0.785. The zero-order valence-corrected chi connectivity index (χ0v) is 16.3. The Kier molecular flexibility index (Phi) is 7.85. The van der Waals surface area contributed by atoms with Crippen molar-refractivity contribution in [2.75, 3.05) is 13.1 Å². The van der Waals surface area contributed by atoms with Gasteiger partial charge < -0.3 is 15.0 Å². The number of ether oxygens (including phenoxy) is 1. The third-order valence-corrected chi connectivity index (χ3v) is 4.69. The first-order valence-electron chi connectivity index (χ1n) is 9.33. The lowest BCUT2D eigenvalue weighted by Gasteiger charge is -2.34. The van der Waals surface area contributed by atoms with Crippen LogP contribution in [0.15, 0.2) is 0 Å². The van der Waals surface area contributed by atoms with Crippen molar-refractivity contribution in [2.45, 2.75) is 91.8 Å². The highest BCUT2D eigenvalue weighted by Crippen LogP contribution is 2.29. The van der Waals surface area contributed by atoms with Crippen LogP contribution < -0.4 is 5.32 Å². The SMILES string of the molecule is CC(C)C1CCCC(NCCN(C(=O)OC(C)(C)C)C(C)C)C1. The number of rotatable bonds is 6. The second kappa shape index (κ2) is 8.91. The maximum Gasteiger partial charge on any atom is 0.410 e. The van der Waals surface area contributed by atoms with Gasteiger partial charge in [0.05, 0.1) is 0 Å². The number of carbonyl (C=O) groups is 1. The van der Waals surface area contributed by atoms with Gasteiger partial charge in [0, 0.05) is 25.2 Å². The maximum atomic E-state index is 12.3. The average Bonchev–Trinajstić information content (AvgIpc) is 2.41. The normalized spacial score (nSPS) is 22.5. The van der Waals surface area contributed by atoms with Gasteiger partial charge in [0.15, 0.2) is 0 Å². The highest BCUT2D eigenvalue weighted by Gasteiger charge is 2.26. The van der Waals surface area contributed by atoms with Gasteiger partial charge in [-0.3, -0.25) is 0 Å². The Bertz CT molecular complexity index is 361. The van der Waals surface area contributed by atoms with E-state index in [0.717, 1.165) is 18.4 Å². The van der Waals surface area contributed by atoms with E-state index in [4.69, 9.17) is 4.74 Å². The number of hydrogen-bond donors (Lipinski definition) is 1. The van der Waals surface area contributed by atoms with Gasteiger partial charge in [-0.1, -0.05) is 26.7 Å². The summed E-state index contributed by atoms with van der Waals surface area (Å²) in [5.41, 5.74) is -0.439. The van der Waals surface area contributed by atoms with Gasteiger partial charge in [0.25, 0.3) is 0 Å². The van der Waals surface area contributed by atoms with Crippen molar-refractivity contribution in [1.29, 1.82) is 0 Å². The van der Waals surface area contributed by atoms with E-state index in [0.29, 0.717) is 12.6 Å². The van der Waals surface area contributed by atoms with Gasteiger partial charge in [0.1, 0.15) is 5.60 Å². The van der Waals surface area contributed by atoms with E-state index in [1.54, 1.807) is 0 Å². The molecule has 1 amide bonds. The molecule has 2 atom stereocenters. The molecule has 0 aliphatic heterocycles. The molecule has 0 radical (unpaired) electrons. The Labute approximate surface area is 143 Å². The molecule has 1 aliphatic carbocycles. The Morgan fingerprint density at radius 1 is 1.22 bits per heavy atom. The lowest BCUT2D eigenvalue weighted by Crippen LogP contribution is -2.46. The van der Waals surface area contributed by atoms with Crippen molar-refractivity contribution in [1.82, 2.24) is 10.2 Å². The molecule has 1 saturated carbocycles. The van der Waals surface area contributed by atoms with Crippen molar-refractivity contribution in [2.24, 2.45) is 11.8 Å². The first kappa shape index (κ1) is 20.3. The molecule has 0 bridgehead atoms. The third kappa shape index (κ3) is 7.56. The van der Waals surface area contributed by atoms with E-state index in [-0.39, 0.29) is 12.1 Å². The van der Waals surface area contributed by atoms with Crippen LogP contribution in [-0.2, 0) is 4.74 Å². The van der Waals surface area contributed by atoms with E-state index >= 15 is 0 Å². The van der Waals surface area contributed by atoms with E-state index in [2.05, 4.69) is 19.2 Å². The first-order valence-corrected chi connectivity index (χ1v) is 9.33. The summed E-state index contributed by atoms with van der Waals surface area (Å²) in [6, 6.07) is 0.755. The van der Waals surface area contributed by atoms with Gasteiger partial charge in [0.2, 0.25) is 0 Å². The van der Waals surface area contributed by atoms with E-state index in [1.807, 2.05) is 39.5 Å². The molecule has 2 unspecified atom stereocenters. The molecule has 1 rings (SSSR count). The molecular weight excluding hydrogens is 288 g/mol. The summed E-state index contributed by atoms with van der Waals surface area (Å²) in [6.07, 6.45) is 5.01. The average molecular weight is 327 g/mol. The van der Waals surface area contributed by atoms with Crippen LogP contribution in [0, 0.1) is 11.8 Å². The highest BCUT2D eigenvalue weighted by molar-refractivity contribution is 5.68. The molecule has 4 nitrogen and oxygen atoms in total. The molecule has 1 fully saturated rings. The van der Waals surface area contributed by atoms with E-state index < -0.39 is 5.60 Å². The van der Waals surface area contributed by atoms with Crippen molar-refractivity contribution < 1.29 is 9.53 Å². The summed E-state index contributed by atoms with van der Waals surface area (Å²) in [4.78, 5) is 14.1. The fourth-order valence-electron chi connectivity index (χ4n) is 3.29. The predicted molar refractivity (Wildman–Crippen MR) is 96.7 cm³/mol. The van der Waals surface area contributed by atoms with Gasteiger partial charge in [-0.15, -0.1) is 0 Å². The predicted octanol–water partition coefficient (Wildman–Crippen LogP) is 4.44. The molecule has 0 aromatic rings. The van der Waals surface area contributed by atoms with Gasteiger partial charge >= 0.3 is 6.09 Å². The van der Waals surface area contributed by atoms with Crippen LogP contribution >= 0.6 is 0 Å². The molecule has 4 heteroatoms. The maximum absolute atomic E-state index is 12.3. The smallest absolute Gasteiger partial charge is 0.410 e. The fraction of sp³-hybridized carbons (Fsp3) is 0.947. The Hall–Kier alpha value is -0.770. The fourth-order valence-corrected chi connectivity index (χ4v) is 3.29. The largest absolute Gasteiger partial charge is 0.444 e. The van der Waals surface area contributed by atoms with Crippen molar-refractivity contribution in [3.8, 4) is 0 Å². The molecule has 136 valence electrons. The van der Waals surface area contributed by atoms with E-state index in [1.165, 1.54) is 25.7 Å². The minimum atomic E-state index is -0.439. The summed E-state index contributed by atoms with van der Waals surface area (Å²) >= 11 is 0. The Morgan fingerprint density at radius 2 is 1.87 bits per heavy atom. The minimum Gasteiger partial charge on any atom is -0.444 e. The van der Waals surface area contributed by atoms with Crippen LogP contribution in [-0.4, -0.2) is 41.8 Å². The molecule has 0 saturated heterocycles. The highest BCUT2D eigenvalue weighted by atomic mass is 16.6. The van der Waals surface area contributed by atoms with Crippen LogP contribution in [0.25, 0.3) is 0 Å². The Balaban J connectivity index is 2.42. The summed E-state index contributed by atoms with van der Waals surface area (Å²) < 4.78 is 5.51.